The number of fused-ring (bicyclic) bond motifs is 1. The minimum Gasteiger partial charge on any atom is -0.295 e. The van der Waals surface area contributed by atoms with E-state index in [1.165, 1.54) is 0 Å². The number of aromatic nitrogens is 1. The zero-order valence-electron chi connectivity index (χ0n) is 9.44. The van der Waals surface area contributed by atoms with Crippen LogP contribution < -0.4 is 4.90 Å². The number of benzene rings is 1. The van der Waals surface area contributed by atoms with Gasteiger partial charge >= 0.3 is 0 Å². The molecule has 1 saturated heterocycles. The predicted octanol–water partition coefficient (Wildman–Crippen LogP) is 3.34. The van der Waals surface area contributed by atoms with Gasteiger partial charge in [-0.3, -0.25) is 9.69 Å². The number of nitrogens with zero attached hydrogens (tertiary/aromatic N) is 2. The second kappa shape index (κ2) is 4.52. The van der Waals surface area contributed by atoms with E-state index in [4.69, 9.17) is 11.6 Å². The molecule has 1 aromatic carbocycles. The van der Waals surface area contributed by atoms with Crippen LogP contribution in [0.5, 0.6) is 0 Å². The average Bonchev–Trinajstić information content (AvgIpc) is 2.69. The third-order valence-electron chi connectivity index (χ3n) is 3.06. The molecule has 1 aliphatic heterocycles. The summed E-state index contributed by atoms with van der Waals surface area (Å²) in [5, 5.41) is 1.89. The zero-order chi connectivity index (χ0) is 12.7. The van der Waals surface area contributed by atoms with Gasteiger partial charge in [-0.2, -0.15) is 0 Å². The summed E-state index contributed by atoms with van der Waals surface area (Å²) in [6.45, 7) is 0.527. The normalized spacial score (nSPS) is 19.8. The van der Waals surface area contributed by atoms with Crippen molar-refractivity contribution in [3.05, 3.63) is 34.9 Å². The molecule has 1 amide bonds. The molecule has 18 heavy (non-hydrogen) atoms. The molecule has 1 fully saturated rings. The van der Waals surface area contributed by atoms with Crippen molar-refractivity contribution < 1.29 is 4.79 Å². The zero-order valence-corrected chi connectivity index (χ0v) is 11.8. The third kappa shape index (κ3) is 1.89. The lowest BCUT2D eigenvalue weighted by Gasteiger charge is -2.17. The predicted molar refractivity (Wildman–Crippen MR) is 76.1 cm³/mol. The average molecular weight is 326 g/mol. The van der Waals surface area contributed by atoms with Crippen LogP contribution in [0, 0.1) is 0 Å². The van der Waals surface area contributed by atoms with Crippen LogP contribution in [0.4, 0.5) is 5.82 Å². The first-order valence-corrected chi connectivity index (χ1v) is 6.87. The van der Waals surface area contributed by atoms with Gasteiger partial charge in [-0.1, -0.05) is 24.3 Å². The van der Waals surface area contributed by atoms with Crippen LogP contribution in [0.25, 0.3) is 10.8 Å². The first-order chi connectivity index (χ1) is 8.66. The Hall–Kier alpha value is -1.13. The number of alkyl halides is 1. The summed E-state index contributed by atoms with van der Waals surface area (Å²) < 4.78 is 0.927. The number of pyridine rings is 1. The summed E-state index contributed by atoms with van der Waals surface area (Å²) in [7, 11) is 0. The highest BCUT2D eigenvalue weighted by Crippen LogP contribution is 2.32. The molecule has 3 rings (SSSR count). The highest BCUT2D eigenvalue weighted by Gasteiger charge is 2.31. The molecule has 1 aromatic heterocycles. The van der Waals surface area contributed by atoms with E-state index < -0.39 is 0 Å². The molecule has 0 aliphatic carbocycles. The molecule has 0 spiro atoms. The number of rotatable bonds is 1. The Bertz CT molecular complexity index is 631. The SMILES string of the molecule is O=C1CC(Cl)CN1c1ncc(Br)c2ccccc12. The fraction of sp³-hybridized carbons (Fsp3) is 0.231. The van der Waals surface area contributed by atoms with Crippen LogP contribution in [0.1, 0.15) is 6.42 Å². The fourth-order valence-corrected chi connectivity index (χ4v) is 2.95. The van der Waals surface area contributed by atoms with Gasteiger partial charge in [0.15, 0.2) is 0 Å². The van der Waals surface area contributed by atoms with Crippen LogP contribution in [-0.4, -0.2) is 22.8 Å². The Balaban J connectivity index is 2.18. The Morgan fingerprint density at radius 2 is 2.06 bits per heavy atom. The smallest absolute Gasteiger partial charge is 0.229 e. The van der Waals surface area contributed by atoms with Crippen molar-refractivity contribution in [3.63, 3.8) is 0 Å². The topological polar surface area (TPSA) is 33.2 Å². The van der Waals surface area contributed by atoms with Gasteiger partial charge in [0, 0.05) is 34.4 Å². The van der Waals surface area contributed by atoms with Gasteiger partial charge in [0.25, 0.3) is 0 Å². The number of anilines is 1. The maximum Gasteiger partial charge on any atom is 0.229 e. The highest BCUT2D eigenvalue weighted by molar-refractivity contribution is 9.10. The summed E-state index contributed by atoms with van der Waals surface area (Å²) in [5.41, 5.74) is 0. The van der Waals surface area contributed by atoms with Crippen molar-refractivity contribution in [2.45, 2.75) is 11.8 Å². The van der Waals surface area contributed by atoms with E-state index in [1.54, 1.807) is 11.1 Å². The van der Waals surface area contributed by atoms with Gasteiger partial charge in [-0.15, -0.1) is 11.6 Å². The first kappa shape index (κ1) is 11.9. The largest absolute Gasteiger partial charge is 0.295 e. The van der Waals surface area contributed by atoms with Gasteiger partial charge in [0.2, 0.25) is 5.91 Å². The first-order valence-electron chi connectivity index (χ1n) is 5.64. The molecule has 3 nitrogen and oxygen atoms in total. The monoisotopic (exact) mass is 324 g/mol. The number of carbonyl (C=O) groups is 1. The quantitative estimate of drug-likeness (QED) is 0.753. The van der Waals surface area contributed by atoms with Gasteiger partial charge in [0.05, 0.1) is 5.38 Å². The van der Waals surface area contributed by atoms with Crippen LogP contribution in [0.2, 0.25) is 0 Å². The maximum absolute atomic E-state index is 11.9. The van der Waals surface area contributed by atoms with Crippen LogP contribution >= 0.6 is 27.5 Å². The molecular weight excluding hydrogens is 316 g/mol. The minimum absolute atomic E-state index is 0.0370. The molecule has 1 unspecified atom stereocenters. The standard InChI is InChI=1S/C13H10BrClN2O/c14-11-6-16-13(10-4-2-1-3-9(10)11)17-7-8(15)5-12(17)18/h1-4,6,8H,5,7H2. The van der Waals surface area contributed by atoms with E-state index in [0.717, 1.165) is 15.2 Å². The van der Waals surface area contributed by atoms with Gasteiger partial charge in [0.1, 0.15) is 5.82 Å². The minimum atomic E-state index is -0.123. The van der Waals surface area contributed by atoms with Gasteiger partial charge in [-0.25, -0.2) is 4.98 Å². The maximum atomic E-state index is 11.9. The summed E-state index contributed by atoms with van der Waals surface area (Å²) in [6, 6.07) is 7.88. The molecule has 92 valence electrons. The molecule has 1 aliphatic rings. The molecule has 2 heterocycles. The number of amides is 1. The van der Waals surface area contributed by atoms with E-state index in [0.29, 0.717) is 18.8 Å². The van der Waals surface area contributed by atoms with Crippen LogP contribution in [0.3, 0.4) is 0 Å². The number of hydrogen-bond acceptors (Lipinski definition) is 2. The van der Waals surface area contributed by atoms with E-state index >= 15 is 0 Å². The molecular formula is C13H10BrClN2O. The molecule has 0 saturated carbocycles. The number of hydrogen-bond donors (Lipinski definition) is 0. The van der Waals surface area contributed by atoms with Crippen molar-refractivity contribution >= 4 is 50.0 Å². The fourth-order valence-electron chi connectivity index (χ4n) is 2.23. The van der Waals surface area contributed by atoms with Gasteiger partial charge in [-0.05, 0) is 15.9 Å². The Morgan fingerprint density at radius 1 is 1.33 bits per heavy atom. The third-order valence-corrected chi connectivity index (χ3v) is 3.98. The van der Waals surface area contributed by atoms with Crippen molar-refractivity contribution in [1.82, 2.24) is 4.98 Å². The van der Waals surface area contributed by atoms with E-state index in [-0.39, 0.29) is 11.3 Å². The molecule has 2 aromatic rings. The van der Waals surface area contributed by atoms with E-state index in [2.05, 4.69) is 20.9 Å². The van der Waals surface area contributed by atoms with Crippen molar-refractivity contribution in [3.8, 4) is 0 Å². The molecule has 1 atom stereocenters. The second-order valence-corrected chi connectivity index (χ2v) is 5.75. The van der Waals surface area contributed by atoms with E-state index in [1.807, 2.05) is 24.3 Å². The van der Waals surface area contributed by atoms with Crippen LogP contribution in [0.15, 0.2) is 34.9 Å². The molecule has 0 N–H and O–H groups in total. The Kier molecular flexibility index (Phi) is 2.99. The van der Waals surface area contributed by atoms with Crippen molar-refractivity contribution in [2.24, 2.45) is 0 Å². The summed E-state index contributed by atoms with van der Waals surface area (Å²) in [4.78, 5) is 17.9. The molecule has 0 radical (unpaired) electrons. The summed E-state index contributed by atoms with van der Waals surface area (Å²) >= 11 is 9.51. The molecule has 0 bridgehead atoms. The van der Waals surface area contributed by atoms with Gasteiger partial charge < -0.3 is 0 Å². The van der Waals surface area contributed by atoms with Crippen molar-refractivity contribution in [2.75, 3.05) is 11.4 Å². The number of halogens is 2. The summed E-state index contributed by atoms with van der Waals surface area (Å²) in [5.74, 6) is 0.733. The lowest BCUT2D eigenvalue weighted by Crippen LogP contribution is -2.25. The Morgan fingerprint density at radius 3 is 2.72 bits per heavy atom. The second-order valence-electron chi connectivity index (χ2n) is 4.28. The number of carbonyl (C=O) groups excluding carboxylic acids is 1. The summed E-state index contributed by atoms with van der Waals surface area (Å²) in [6.07, 6.45) is 2.11. The Labute approximate surface area is 118 Å². The highest BCUT2D eigenvalue weighted by atomic mass is 79.9. The lowest BCUT2D eigenvalue weighted by molar-refractivity contribution is -0.117. The van der Waals surface area contributed by atoms with E-state index in [9.17, 15) is 4.79 Å². The lowest BCUT2D eigenvalue weighted by atomic mass is 10.1. The molecule has 5 heteroatoms. The van der Waals surface area contributed by atoms with Crippen LogP contribution in [-0.2, 0) is 4.79 Å². The van der Waals surface area contributed by atoms with Crippen molar-refractivity contribution in [1.29, 1.82) is 0 Å².